The Morgan fingerprint density at radius 2 is 1.91 bits per heavy atom. The summed E-state index contributed by atoms with van der Waals surface area (Å²) in [6.45, 7) is 9.60. The summed E-state index contributed by atoms with van der Waals surface area (Å²) in [6, 6.07) is 8.28. The number of carbonyl (C=O) groups excluding carboxylic acids is 2. The molecule has 1 aromatic heterocycles. The van der Waals surface area contributed by atoms with Crippen molar-refractivity contribution in [2.24, 2.45) is 0 Å². The van der Waals surface area contributed by atoms with E-state index in [4.69, 9.17) is 0 Å². The topological polar surface area (TPSA) is 84.6 Å². The largest absolute Gasteiger partial charge is 0.321 e. The Balaban J connectivity index is 0.00000259. The van der Waals surface area contributed by atoms with Gasteiger partial charge in [-0.3, -0.25) is 14.8 Å². The molecule has 1 aromatic carbocycles. The summed E-state index contributed by atoms with van der Waals surface area (Å²) in [5.74, 6) is 0.325. The number of benzene rings is 1. The summed E-state index contributed by atoms with van der Waals surface area (Å²) in [7, 11) is 0. The van der Waals surface area contributed by atoms with E-state index in [0.29, 0.717) is 24.0 Å². The van der Waals surface area contributed by atoms with E-state index >= 15 is 0 Å². The molecule has 3 atom stereocenters. The zero-order valence-electron chi connectivity index (χ0n) is 19.1. The van der Waals surface area contributed by atoms with Crippen LogP contribution in [0.2, 0.25) is 0 Å². The molecule has 2 N–H and O–H groups in total. The fourth-order valence-electron chi connectivity index (χ4n) is 5.37. The van der Waals surface area contributed by atoms with Crippen LogP contribution in [-0.2, 0) is 13.0 Å². The van der Waals surface area contributed by atoms with E-state index in [1.165, 1.54) is 18.4 Å². The van der Waals surface area contributed by atoms with Gasteiger partial charge >= 0.3 is 6.03 Å². The van der Waals surface area contributed by atoms with Crippen LogP contribution in [0.5, 0.6) is 0 Å². The lowest BCUT2D eigenvalue weighted by Gasteiger charge is -2.44. The number of H-pyrrole nitrogens is 1. The molecule has 3 amide bonds. The normalized spacial score (nSPS) is 24.3. The van der Waals surface area contributed by atoms with Crippen LogP contribution in [0.4, 0.5) is 10.6 Å². The molecule has 2 saturated heterocycles. The predicted molar refractivity (Wildman–Crippen MR) is 129 cm³/mol. The summed E-state index contributed by atoms with van der Waals surface area (Å²) in [6.07, 6.45) is 3.33. The number of fused-ring (bicyclic) bond motifs is 2. The number of nitrogens with zero attached hydrogens (tertiary/aromatic N) is 4. The van der Waals surface area contributed by atoms with E-state index in [0.717, 1.165) is 37.3 Å². The standard InChI is InChI=1S/C24H32N6O2.CH4/c1-4-17-7-9-18(10-8-17)23(31)25-22-20-14-30(16(3)21(20)26-27-22)24(32)29-13-19-6-5-11-28(19)12-15(29)2;/h7-10,15-16,19H,4-6,11-14H2,1-3H3,(H2,25,26,27,31);1H4/t15-,16?,19-;/m0./s1. The number of aryl methyl sites for hydroxylation is 1. The maximum absolute atomic E-state index is 13.5. The van der Waals surface area contributed by atoms with Gasteiger partial charge in [0.2, 0.25) is 0 Å². The monoisotopic (exact) mass is 452 g/mol. The van der Waals surface area contributed by atoms with Crippen LogP contribution < -0.4 is 5.32 Å². The van der Waals surface area contributed by atoms with Gasteiger partial charge in [0, 0.05) is 36.3 Å². The molecule has 3 aliphatic heterocycles. The first-order valence-electron chi connectivity index (χ1n) is 11.7. The second-order valence-electron chi connectivity index (χ2n) is 9.35. The Labute approximate surface area is 196 Å². The number of hydrogen-bond donors (Lipinski definition) is 2. The molecule has 4 heterocycles. The molecule has 2 aromatic rings. The van der Waals surface area contributed by atoms with Crippen molar-refractivity contribution in [1.82, 2.24) is 24.9 Å². The van der Waals surface area contributed by atoms with Gasteiger partial charge in [-0.25, -0.2) is 4.79 Å². The number of aromatic nitrogens is 2. The first kappa shape index (κ1) is 23.3. The highest BCUT2D eigenvalue weighted by molar-refractivity contribution is 6.04. The smallest absolute Gasteiger partial charge is 0.319 e. The molecule has 5 rings (SSSR count). The molecule has 178 valence electrons. The SMILES string of the molecule is C.CCc1ccc(C(=O)Nc2n[nH]c3c2CN(C(=O)N2C[C@@H]4CCCN4C[C@@H]2C)C3C)cc1. The van der Waals surface area contributed by atoms with Crippen molar-refractivity contribution in [3.8, 4) is 0 Å². The number of anilines is 1. The highest BCUT2D eigenvalue weighted by atomic mass is 16.2. The number of aromatic amines is 1. The number of carbonyl (C=O) groups is 2. The Morgan fingerprint density at radius 3 is 2.64 bits per heavy atom. The minimum absolute atomic E-state index is 0. The van der Waals surface area contributed by atoms with Crippen LogP contribution in [0, 0.1) is 0 Å². The maximum Gasteiger partial charge on any atom is 0.321 e. The van der Waals surface area contributed by atoms with Gasteiger partial charge in [-0.2, -0.15) is 5.10 Å². The molecule has 8 nitrogen and oxygen atoms in total. The van der Waals surface area contributed by atoms with E-state index in [1.807, 2.05) is 41.0 Å². The zero-order valence-corrected chi connectivity index (χ0v) is 19.1. The van der Waals surface area contributed by atoms with E-state index in [1.54, 1.807) is 0 Å². The summed E-state index contributed by atoms with van der Waals surface area (Å²) in [5, 5.41) is 10.3. The molecule has 1 unspecified atom stereocenters. The highest BCUT2D eigenvalue weighted by Crippen LogP contribution is 2.37. The molecule has 2 fully saturated rings. The number of rotatable bonds is 3. The van der Waals surface area contributed by atoms with E-state index in [9.17, 15) is 9.59 Å². The number of urea groups is 1. The molecular formula is C25H36N6O2. The Hall–Kier alpha value is -2.87. The fourth-order valence-corrected chi connectivity index (χ4v) is 5.37. The summed E-state index contributed by atoms with van der Waals surface area (Å²) in [5.41, 5.74) is 3.60. The summed E-state index contributed by atoms with van der Waals surface area (Å²) < 4.78 is 0. The first-order chi connectivity index (χ1) is 15.5. The molecular weight excluding hydrogens is 416 g/mol. The number of piperazine rings is 1. The lowest BCUT2D eigenvalue weighted by Crippen LogP contribution is -2.59. The Bertz CT molecular complexity index is 1020. The molecule has 0 saturated carbocycles. The minimum Gasteiger partial charge on any atom is -0.319 e. The second kappa shape index (κ2) is 9.17. The molecule has 0 bridgehead atoms. The second-order valence-corrected chi connectivity index (χ2v) is 9.35. The van der Waals surface area contributed by atoms with Gasteiger partial charge in [-0.1, -0.05) is 26.5 Å². The zero-order chi connectivity index (χ0) is 22.4. The lowest BCUT2D eigenvalue weighted by atomic mass is 10.1. The van der Waals surface area contributed by atoms with Crippen LogP contribution in [0.25, 0.3) is 0 Å². The number of nitrogens with one attached hydrogen (secondary N) is 2. The van der Waals surface area contributed by atoms with E-state index in [2.05, 4.69) is 34.3 Å². The van der Waals surface area contributed by atoms with Crippen LogP contribution in [0.15, 0.2) is 24.3 Å². The lowest BCUT2D eigenvalue weighted by molar-refractivity contribution is 0.0580. The average Bonchev–Trinajstić information content (AvgIpc) is 3.50. The maximum atomic E-state index is 13.5. The molecule has 0 radical (unpaired) electrons. The average molecular weight is 453 g/mol. The van der Waals surface area contributed by atoms with E-state index in [-0.39, 0.29) is 31.4 Å². The van der Waals surface area contributed by atoms with Crippen LogP contribution in [0.3, 0.4) is 0 Å². The van der Waals surface area contributed by atoms with Crippen molar-refractivity contribution >= 4 is 17.8 Å². The van der Waals surface area contributed by atoms with Gasteiger partial charge in [-0.15, -0.1) is 0 Å². The third-order valence-electron chi connectivity index (χ3n) is 7.40. The highest BCUT2D eigenvalue weighted by Gasteiger charge is 2.42. The molecule has 0 spiro atoms. The van der Waals surface area contributed by atoms with Gasteiger partial charge in [0.25, 0.3) is 5.91 Å². The van der Waals surface area contributed by atoms with Crippen LogP contribution >= 0.6 is 0 Å². The van der Waals surface area contributed by atoms with Crippen molar-refractivity contribution in [1.29, 1.82) is 0 Å². The first-order valence-corrected chi connectivity index (χ1v) is 11.7. The number of hydrogen-bond acceptors (Lipinski definition) is 4. The minimum atomic E-state index is -0.189. The van der Waals surface area contributed by atoms with Crippen molar-refractivity contribution in [3.63, 3.8) is 0 Å². The molecule has 3 aliphatic rings. The summed E-state index contributed by atoms with van der Waals surface area (Å²) in [4.78, 5) is 32.7. The van der Waals surface area contributed by atoms with Gasteiger partial charge in [0.1, 0.15) is 0 Å². The van der Waals surface area contributed by atoms with Crippen molar-refractivity contribution < 1.29 is 9.59 Å². The quantitative estimate of drug-likeness (QED) is 0.737. The summed E-state index contributed by atoms with van der Waals surface area (Å²) >= 11 is 0. The van der Waals surface area contributed by atoms with Gasteiger partial charge in [0.15, 0.2) is 5.82 Å². The van der Waals surface area contributed by atoms with E-state index < -0.39 is 0 Å². The molecule has 8 heteroatoms. The van der Waals surface area contributed by atoms with Crippen molar-refractivity contribution in [2.75, 3.05) is 25.0 Å². The third-order valence-corrected chi connectivity index (χ3v) is 7.40. The van der Waals surface area contributed by atoms with Gasteiger partial charge < -0.3 is 15.1 Å². The van der Waals surface area contributed by atoms with Crippen LogP contribution in [0.1, 0.15) is 74.3 Å². The molecule has 0 aliphatic carbocycles. The predicted octanol–water partition coefficient (Wildman–Crippen LogP) is 4.03. The van der Waals surface area contributed by atoms with Gasteiger partial charge in [-0.05, 0) is 57.4 Å². The third kappa shape index (κ3) is 4.12. The fraction of sp³-hybridized carbons (Fsp3) is 0.560. The number of amides is 3. The Kier molecular flexibility index (Phi) is 6.47. The van der Waals surface area contributed by atoms with Crippen molar-refractivity contribution in [2.45, 2.75) is 72.1 Å². The van der Waals surface area contributed by atoms with Crippen LogP contribution in [-0.4, -0.2) is 68.6 Å². The Morgan fingerprint density at radius 1 is 1.15 bits per heavy atom. The van der Waals surface area contributed by atoms with Gasteiger partial charge in [0.05, 0.1) is 18.3 Å². The van der Waals surface area contributed by atoms with Crippen molar-refractivity contribution in [3.05, 3.63) is 46.6 Å². The molecule has 33 heavy (non-hydrogen) atoms.